The lowest BCUT2D eigenvalue weighted by Gasteiger charge is -2.12. The Morgan fingerprint density at radius 3 is 2.50 bits per heavy atom. The molecule has 0 aliphatic heterocycles. The van der Waals surface area contributed by atoms with Crippen LogP contribution in [-0.4, -0.2) is 18.4 Å². The van der Waals surface area contributed by atoms with Crippen LogP contribution in [0.2, 0.25) is 0 Å². The van der Waals surface area contributed by atoms with Crippen molar-refractivity contribution in [2.45, 2.75) is 24.8 Å². The molecule has 0 saturated carbocycles. The zero-order valence-electron chi connectivity index (χ0n) is 10.2. The van der Waals surface area contributed by atoms with Crippen LogP contribution in [0, 0.1) is 6.92 Å². The number of imidazole rings is 1. The van der Waals surface area contributed by atoms with Gasteiger partial charge in [0.25, 0.3) is 0 Å². The maximum atomic E-state index is 12.1. The predicted octanol–water partition coefficient (Wildman–Crippen LogP) is 1.76. The van der Waals surface area contributed by atoms with Gasteiger partial charge in [-0.05, 0) is 26.0 Å². The Labute approximate surface area is 106 Å². The molecule has 0 amide bonds. The molecule has 1 heterocycles. The van der Waals surface area contributed by atoms with Crippen molar-refractivity contribution in [2.75, 3.05) is 0 Å². The molecule has 0 bridgehead atoms. The molecular formula is C12H15N3O2S. The molecule has 0 radical (unpaired) electrons. The van der Waals surface area contributed by atoms with E-state index in [9.17, 15) is 8.42 Å². The molecule has 0 aliphatic rings. The highest BCUT2D eigenvalue weighted by Crippen LogP contribution is 2.15. The highest BCUT2D eigenvalue weighted by molar-refractivity contribution is 7.89. The average Bonchev–Trinajstić information content (AvgIpc) is 2.82. The van der Waals surface area contributed by atoms with Crippen LogP contribution in [0.15, 0.2) is 41.7 Å². The lowest BCUT2D eigenvalue weighted by atomic mass is 10.2. The number of H-pyrrole nitrogens is 1. The first kappa shape index (κ1) is 12.8. The van der Waals surface area contributed by atoms with Crippen LogP contribution in [0.25, 0.3) is 0 Å². The Kier molecular flexibility index (Phi) is 3.49. The number of benzene rings is 1. The van der Waals surface area contributed by atoms with Gasteiger partial charge in [-0.15, -0.1) is 0 Å². The van der Waals surface area contributed by atoms with Crippen molar-refractivity contribution in [3.8, 4) is 0 Å². The summed E-state index contributed by atoms with van der Waals surface area (Å²) in [5.41, 5.74) is 1.75. The van der Waals surface area contributed by atoms with Crippen molar-refractivity contribution in [1.82, 2.24) is 14.7 Å². The maximum absolute atomic E-state index is 12.1. The van der Waals surface area contributed by atoms with Crippen LogP contribution in [0.4, 0.5) is 0 Å². The molecule has 96 valence electrons. The Bertz CT molecular complexity index is 603. The quantitative estimate of drug-likeness (QED) is 0.884. The highest BCUT2D eigenvalue weighted by atomic mass is 32.2. The summed E-state index contributed by atoms with van der Waals surface area (Å²) in [6.07, 6.45) is 3.12. The van der Waals surface area contributed by atoms with E-state index in [4.69, 9.17) is 0 Å². The van der Waals surface area contributed by atoms with Gasteiger partial charge in [-0.25, -0.2) is 18.1 Å². The van der Waals surface area contributed by atoms with Crippen molar-refractivity contribution >= 4 is 10.0 Å². The van der Waals surface area contributed by atoms with Gasteiger partial charge in [-0.2, -0.15) is 0 Å². The van der Waals surface area contributed by atoms with Gasteiger partial charge in [0.2, 0.25) is 10.0 Å². The Morgan fingerprint density at radius 1 is 1.28 bits per heavy atom. The molecule has 0 spiro atoms. The van der Waals surface area contributed by atoms with Crippen LogP contribution in [0.1, 0.15) is 24.2 Å². The van der Waals surface area contributed by atoms with E-state index in [0.717, 1.165) is 11.3 Å². The second-order valence-electron chi connectivity index (χ2n) is 4.16. The number of nitrogens with zero attached hydrogens (tertiary/aromatic N) is 1. The zero-order valence-corrected chi connectivity index (χ0v) is 11.0. The molecule has 0 aliphatic carbocycles. The fraction of sp³-hybridized carbons (Fsp3) is 0.250. The molecular weight excluding hydrogens is 250 g/mol. The number of nitrogens with one attached hydrogen (secondary N) is 2. The first-order valence-electron chi connectivity index (χ1n) is 5.56. The molecule has 5 nitrogen and oxygen atoms in total. The van der Waals surface area contributed by atoms with Gasteiger partial charge in [0, 0.05) is 6.20 Å². The second-order valence-corrected chi connectivity index (χ2v) is 5.88. The van der Waals surface area contributed by atoms with E-state index < -0.39 is 10.0 Å². The Balaban J connectivity index is 2.20. The third-order valence-corrected chi connectivity index (χ3v) is 4.21. The molecule has 0 saturated heterocycles. The third kappa shape index (κ3) is 2.77. The Hall–Kier alpha value is -1.66. The van der Waals surface area contributed by atoms with Crippen LogP contribution in [-0.2, 0) is 10.0 Å². The molecule has 1 aromatic carbocycles. The van der Waals surface area contributed by atoms with E-state index in [0.29, 0.717) is 0 Å². The molecule has 2 N–H and O–H groups in total. The lowest BCUT2D eigenvalue weighted by molar-refractivity contribution is 0.564. The summed E-state index contributed by atoms with van der Waals surface area (Å²) in [4.78, 5) is 7.01. The molecule has 6 heteroatoms. The van der Waals surface area contributed by atoms with Gasteiger partial charge < -0.3 is 4.98 Å². The number of sulfonamides is 1. The SMILES string of the molecule is Cc1ccc(S(=O)(=O)NC(C)c2cnc[nH]2)cc1. The van der Waals surface area contributed by atoms with Gasteiger partial charge in [-0.1, -0.05) is 17.7 Å². The van der Waals surface area contributed by atoms with E-state index >= 15 is 0 Å². The highest BCUT2D eigenvalue weighted by Gasteiger charge is 2.18. The fourth-order valence-electron chi connectivity index (χ4n) is 1.59. The Morgan fingerprint density at radius 2 is 1.94 bits per heavy atom. The van der Waals surface area contributed by atoms with Gasteiger partial charge in [-0.3, -0.25) is 0 Å². The smallest absolute Gasteiger partial charge is 0.241 e. The standard InChI is InChI=1S/C12H15N3O2S/c1-9-3-5-11(6-4-9)18(16,17)15-10(2)12-7-13-8-14-12/h3-8,10,15H,1-2H3,(H,13,14). The largest absolute Gasteiger partial charge is 0.347 e. The molecule has 0 fully saturated rings. The fourth-order valence-corrected chi connectivity index (χ4v) is 2.81. The molecule has 1 atom stereocenters. The maximum Gasteiger partial charge on any atom is 0.241 e. The topological polar surface area (TPSA) is 74.8 Å². The van der Waals surface area contributed by atoms with Gasteiger partial charge in [0.1, 0.15) is 0 Å². The number of aromatic amines is 1. The van der Waals surface area contributed by atoms with Gasteiger partial charge in [0.05, 0.1) is 23.0 Å². The number of hydrogen-bond donors (Lipinski definition) is 2. The predicted molar refractivity (Wildman–Crippen MR) is 68.5 cm³/mol. The zero-order chi connectivity index (χ0) is 13.2. The van der Waals surface area contributed by atoms with E-state index in [1.54, 1.807) is 37.4 Å². The monoisotopic (exact) mass is 265 g/mol. The molecule has 2 aromatic rings. The number of aromatic nitrogens is 2. The van der Waals surface area contributed by atoms with Crippen LogP contribution in [0.5, 0.6) is 0 Å². The van der Waals surface area contributed by atoms with Crippen molar-refractivity contribution < 1.29 is 8.42 Å². The van der Waals surface area contributed by atoms with Crippen LogP contribution < -0.4 is 4.72 Å². The van der Waals surface area contributed by atoms with Crippen molar-refractivity contribution in [1.29, 1.82) is 0 Å². The first-order chi connectivity index (χ1) is 8.49. The minimum atomic E-state index is -3.50. The first-order valence-corrected chi connectivity index (χ1v) is 7.04. The normalized spacial score (nSPS) is 13.4. The lowest BCUT2D eigenvalue weighted by Crippen LogP contribution is -2.27. The van der Waals surface area contributed by atoms with E-state index in [-0.39, 0.29) is 10.9 Å². The molecule has 2 rings (SSSR count). The van der Waals surface area contributed by atoms with E-state index in [1.165, 1.54) is 6.33 Å². The summed E-state index contributed by atoms with van der Waals surface area (Å²) in [5, 5.41) is 0. The third-order valence-electron chi connectivity index (χ3n) is 2.65. The van der Waals surface area contributed by atoms with E-state index in [2.05, 4.69) is 14.7 Å². The van der Waals surface area contributed by atoms with Crippen LogP contribution >= 0.6 is 0 Å². The summed E-state index contributed by atoms with van der Waals surface area (Å²) < 4.78 is 26.8. The average molecular weight is 265 g/mol. The molecule has 1 aromatic heterocycles. The van der Waals surface area contributed by atoms with Crippen molar-refractivity contribution in [3.05, 3.63) is 48.0 Å². The summed E-state index contributed by atoms with van der Waals surface area (Å²) >= 11 is 0. The summed E-state index contributed by atoms with van der Waals surface area (Å²) in [6.45, 7) is 3.68. The van der Waals surface area contributed by atoms with Gasteiger partial charge in [0.15, 0.2) is 0 Å². The molecule has 18 heavy (non-hydrogen) atoms. The van der Waals surface area contributed by atoms with Crippen LogP contribution in [0.3, 0.4) is 0 Å². The summed E-state index contributed by atoms with van der Waals surface area (Å²) in [6, 6.07) is 6.39. The summed E-state index contributed by atoms with van der Waals surface area (Å²) in [7, 11) is -3.50. The van der Waals surface area contributed by atoms with Gasteiger partial charge >= 0.3 is 0 Å². The van der Waals surface area contributed by atoms with Crippen molar-refractivity contribution in [3.63, 3.8) is 0 Å². The minimum Gasteiger partial charge on any atom is -0.347 e. The number of rotatable bonds is 4. The minimum absolute atomic E-state index is 0.263. The molecule has 1 unspecified atom stereocenters. The number of aryl methyl sites for hydroxylation is 1. The van der Waals surface area contributed by atoms with Crippen molar-refractivity contribution in [2.24, 2.45) is 0 Å². The summed E-state index contributed by atoms with van der Waals surface area (Å²) in [5.74, 6) is 0. The number of hydrogen-bond acceptors (Lipinski definition) is 3. The van der Waals surface area contributed by atoms with E-state index in [1.807, 2.05) is 6.92 Å². The second kappa shape index (κ2) is 4.91.